The minimum Gasteiger partial charge on any atom is -0.497 e. The molecular formula is C13H15N3O. The zero-order valence-corrected chi connectivity index (χ0v) is 9.81. The van der Waals surface area contributed by atoms with Gasteiger partial charge in [-0.25, -0.2) is 4.98 Å². The van der Waals surface area contributed by atoms with Crippen LogP contribution in [0.5, 0.6) is 5.75 Å². The highest BCUT2D eigenvalue weighted by molar-refractivity contribution is 5.58. The van der Waals surface area contributed by atoms with Crippen LogP contribution < -0.4 is 10.1 Å². The van der Waals surface area contributed by atoms with E-state index in [1.54, 1.807) is 7.11 Å². The lowest BCUT2D eigenvalue weighted by Crippen LogP contribution is -2.27. The topological polar surface area (TPSA) is 39.1 Å². The molecule has 1 aliphatic heterocycles. The van der Waals surface area contributed by atoms with Crippen LogP contribution in [0.2, 0.25) is 0 Å². The molecule has 1 N–H and O–H groups in total. The van der Waals surface area contributed by atoms with Gasteiger partial charge in [0.15, 0.2) is 0 Å². The third-order valence-electron chi connectivity index (χ3n) is 3.08. The molecule has 1 aromatic heterocycles. The van der Waals surface area contributed by atoms with Crippen molar-refractivity contribution in [2.75, 3.05) is 13.7 Å². The second-order valence-corrected chi connectivity index (χ2v) is 4.13. The first-order chi connectivity index (χ1) is 8.38. The maximum atomic E-state index is 5.25. The Morgan fingerprint density at radius 1 is 1.41 bits per heavy atom. The summed E-state index contributed by atoms with van der Waals surface area (Å²) in [5.41, 5.74) is 2.35. The first kappa shape index (κ1) is 10.4. The number of fused-ring (bicyclic) bond motifs is 1. The second kappa shape index (κ2) is 4.22. The number of nitrogens with one attached hydrogen (secondary N) is 1. The molecule has 0 aliphatic carbocycles. The van der Waals surface area contributed by atoms with Crippen molar-refractivity contribution in [2.24, 2.45) is 0 Å². The zero-order chi connectivity index (χ0) is 11.7. The van der Waals surface area contributed by atoms with Crippen LogP contribution >= 0.6 is 0 Å². The van der Waals surface area contributed by atoms with Crippen LogP contribution in [0.4, 0.5) is 0 Å². The molecule has 0 atom stereocenters. The predicted molar refractivity (Wildman–Crippen MR) is 65.9 cm³/mol. The molecule has 17 heavy (non-hydrogen) atoms. The van der Waals surface area contributed by atoms with Gasteiger partial charge < -0.3 is 14.6 Å². The fourth-order valence-electron chi connectivity index (χ4n) is 2.20. The number of hydrogen-bond donors (Lipinski definition) is 1. The second-order valence-electron chi connectivity index (χ2n) is 4.13. The highest BCUT2D eigenvalue weighted by atomic mass is 16.5. The van der Waals surface area contributed by atoms with Crippen molar-refractivity contribution < 1.29 is 4.74 Å². The predicted octanol–water partition coefficient (Wildman–Crippen LogP) is 1.66. The first-order valence-corrected chi connectivity index (χ1v) is 5.78. The lowest BCUT2D eigenvalue weighted by atomic mass is 10.2. The van der Waals surface area contributed by atoms with Gasteiger partial charge in [-0.15, -0.1) is 0 Å². The van der Waals surface area contributed by atoms with E-state index in [4.69, 9.17) is 4.74 Å². The van der Waals surface area contributed by atoms with Gasteiger partial charge in [0.2, 0.25) is 0 Å². The molecule has 2 aromatic rings. The van der Waals surface area contributed by atoms with E-state index in [0.717, 1.165) is 36.8 Å². The molecule has 2 heterocycles. The molecule has 0 bridgehead atoms. The Morgan fingerprint density at radius 2 is 2.35 bits per heavy atom. The maximum Gasteiger partial charge on any atom is 0.140 e. The Hall–Kier alpha value is -1.81. The smallest absolute Gasteiger partial charge is 0.140 e. The highest BCUT2D eigenvalue weighted by Gasteiger charge is 2.14. The zero-order valence-electron chi connectivity index (χ0n) is 9.81. The largest absolute Gasteiger partial charge is 0.497 e. The van der Waals surface area contributed by atoms with Crippen molar-refractivity contribution in [1.29, 1.82) is 0 Å². The Kier molecular flexibility index (Phi) is 2.57. The average Bonchev–Trinajstić information content (AvgIpc) is 2.82. The van der Waals surface area contributed by atoms with Crippen molar-refractivity contribution in [3.8, 4) is 17.1 Å². The van der Waals surface area contributed by atoms with Gasteiger partial charge in [-0.3, -0.25) is 0 Å². The summed E-state index contributed by atoms with van der Waals surface area (Å²) in [4.78, 5) is 4.51. The summed E-state index contributed by atoms with van der Waals surface area (Å²) in [6.45, 7) is 2.87. The molecule has 1 aliphatic rings. The summed E-state index contributed by atoms with van der Waals surface area (Å²) >= 11 is 0. The van der Waals surface area contributed by atoms with Gasteiger partial charge in [-0.05, 0) is 12.1 Å². The molecule has 0 radical (unpaired) electrons. The van der Waals surface area contributed by atoms with E-state index < -0.39 is 0 Å². The van der Waals surface area contributed by atoms with Gasteiger partial charge >= 0.3 is 0 Å². The molecule has 88 valence electrons. The molecule has 0 amide bonds. The molecule has 3 rings (SSSR count). The number of aromatic nitrogens is 2. The number of ether oxygens (including phenoxy) is 1. The monoisotopic (exact) mass is 229 g/mol. The van der Waals surface area contributed by atoms with Crippen LogP contribution in [0.3, 0.4) is 0 Å². The van der Waals surface area contributed by atoms with E-state index >= 15 is 0 Å². The van der Waals surface area contributed by atoms with Gasteiger partial charge in [0.05, 0.1) is 19.0 Å². The summed E-state index contributed by atoms with van der Waals surface area (Å²) in [6.07, 6.45) is 1.95. The van der Waals surface area contributed by atoms with Crippen molar-refractivity contribution in [3.05, 3.63) is 36.2 Å². The molecule has 0 saturated carbocycles. The van der Waals surface area contributed by atoms with E-state index in [-0.39, 0.29) is 0 Å². The summed E-state index contributed by atoms with van der Waals surface area (Å²) in [6, 6.07) is 8.04. The van der Waals surface area contributed by atoms with Crippen LogP contribution in [0, 0.1) is 0 Å². The Balaban J connectivity index is 2.05. The quantitative estimate of drug-likeness (QED) is 0.851. The Morgan fingerprint density at radius 3 is 3.24 bits per heavy atom. The number of nitrogens with zero attached hydrogens (tertiary/aromatic N) is 2. The van der Waals surface area contributed by atoms with Crippen molar-refractivity contribution in [3.63, 3.8) is 0 Å². The average molecular weight is 229 g/mol. The number of benzene rings is 1. The number of methoxy groups -OCH3 is 1. The standard InChI is InChI=1S/C13H15N3O/c1-17-12-4-2-3-10(7-12)13-15-9-11-8-14-5-6-16(11)13/h2-4,7,9,14H,5-6,8H2,1H3. The number of rotatable bonds is 2. The number of hydrogen-bond acceptors (Lipinski definition) is 3. The van der Waals surface area contributed by atoms with E-state index in [1.165, 1.54) is 5.69 Å². The molecule has 0 fully saturated rings. The van der Waals surface area contributed by atoms with Crippen LogP contribution in [0.1, 0.15) is 5.69 Å². The summed E-state index contributed by atoms with van der Waals surface area (Å²) in [5, 5.41) is 3.34. The van der Waals surface area contributed by atoms with Crippen molar-refractivity contribution in [1.82, 2.24) is 14.9 Å². The summed E-state index contributed by atoms with van der Waals surface area (Å²) in [7, 11) is 1.68. The molecule has 4 heteroatoms. The van der Waals surface area contributed by atoms with Crippen LogP contribution in [0.25, 0.3) is 11.4 Å². The molecular weight excluding hydrogens is 214 g/mol. The van der Waals surface area contributed by atoms with E-state index in [1.807, 2.05) is 24.4 Å². The van der Waals surface area contributed by atoms with Crippen LogP contribution in [-0.4, -0.2) is 23.2 Å². The summed E-state index contributed by atoms with van der Waals surface area (Å²) < 4.78 is 7.52. The van der Waals surface area contributed by atoms with Crippen LogP contribution in [-0.2, 0) is 13.1 Å². The van der Waals surface area contributed by atoms with Gasteiger partial charge in [0.25, 0.3) is 0 Å². The highest BCUT2D eigenvalue weighted by Crippen LogP contribution is 2.24. The Labute approximate surface area is 100 Å². The molecule has 1 aromatic carbocycles. The lowest BCUT2D eigenvalue weighted by Gasteiger charge is -2.17. The van der Waals surface area contributed by atoms with Crippen molar-refractivity contribution >= 4 is 0 Å². The van der Waals surface area contributed by atoms with Gasteiger partial charge in [-0.2, -0.15) is 0 Å². The van der Waals surface area contributed by atoms with Crippen molar-refractivity contribution in [2.45, 2.75) is 13.1 Å². The van der Waals surface area contributed by atoms with E-state index in [9.17, 15) is 0 Å². The third-order valence-corrected chi connectivity index (χ3v) is 3.08. The van der Waals surface area contributed by atoms with Gasteiger partial charge in [-0.1, -0.05) is 12.1 Å². The normalized spacial score (nSPS) is 14.4. The fourth-order valence-corrected chi connectivity index (χ4v) is 2.20. The minimum atomic E-state index is 0.869. The minimum absolute atomic E-state index is 0.869. The molecule has 0 saturated heterocycles. The van der Waals surface area contributed by atoms with Gasteiger partial charge in [0.1, 0.15) is 11.6 Å². The summed E-state index contributed by atoms with van der Waals surface area (Å²) in [5.74, 6) is 1.90. The lowest BCUT2D eigenvalue weighted by molar-refractivity contribution is 0.415. The van der Waals surface area contributed by atoms with Crippen LogP contribution in [0.15, 0.2) is 30.5 Å². The van der Waals surface area contributed by atoms with Gasteiger partial charge in [0, 0.05) is 25.2 Å². The van der Waals surface area contributed by atoms with E-state index in [0.29, 0.717) is 0 Å². The number of imidazole rings is 1. The van der Waals surface area contributed by atoms with E-state index in [2.05, 4.69) is 20.9 Å². The fraction of sp³-hybridized carbons (Fsp3) is 0.308. The maximum absolute atomic E-state index is 5.25. The molecule has 4 nitrogen and oxygen atoms in total. The Bertz CT molecular complexity index is 533. The molecule has 0 unspecified atom stereocenters. The first-order valence-electron chi connectivity index (χ1n) is 5.78. The molecule has 0 spiro atoms. The SMILES string of the molecule is COc1cccc(-c2ncc3n2CCNC3)c1. The third kappa shape index (κ3) is 1.80.